The number of nitrogens with zero attached hydrogens (tertiary/aromatic N) is 4. The summed E-state index contributed by atoms with van der Waals surface area (Å²) >= 11 is 1.88. The molecule has 0 atom stereocenters. The molecule has 6 heteroatoms. The molecule has 0 fully saturated rings. The molecule has 16 rings (SSSR count). The highest BCUT2D eigenvalue weighted by Gasteiger charge is 2.45. The maximum absolute atomic E-state index is 2.68. The summed E-state index contributed by atoms with van der Waals surface area (Å²) in [6.07, 6.45) is 0. The maximum Gasteiger partial charge on any atom is 0.252 e. The highest BCUT2D eigenvalue weighted by Crippen LogP contribution is 2.51. The number of hydrogen-bond acceptors (Lipinski definition) is 3. The molecule has 430 valence electrons. The van der Waals surface area contributed by atoms with Crippen LogP contribution in [-0.4, -0.2) is 15.8 Å². The molecule has 2 aliphatic heterocycles. The van der Waals surface area contributed by atoms with E-state index in [2.05, 4.69) is 326 Å². The van der Waals surface area contributed by atoms with Gasteiger partial charge in [0.1, 0.15) is 0 Å². The minimum Gasteiger partial charge on any atom is -0.311 e. The quantitative estimate of drug-likeness (QED) is 0.160. The van der Waals surface area contributed by atoms with Crippen molar-refractivity contribution in [2.75, 3.05) is 9.80 Å². The van der Waals surface area contributed by atoms with Crippen LogP contribution in [0.5, 0.6) is 0 Å². The first-order valence-corrected chi connectivity index (χ1v) is 32.2. The Morgan fingerprint density at radius 1 is 0.284 bits per heavy atom. The van der Waals surface area contributed by atoms with E-state index in [1.165, 1.54) is 148 Å². The molecule has 0 N–H and O–H groups in total. The number of anilines is 6. The monoisotopic (exact) mass is 1160 g/mol. The average Bonchev–Trinajstić information content (AvgIpc) is 0.929. The van der Waals surface area contributed by atoms with Gasteiger partial charge >= 0.3 is 0 Å². The van der Waals surface area contributed by atoms with E-state index < -0.39 is 0 Å². The molecule has 0 unspecified atom stereocenters. The zero-order valence-corrected chi connectivity index (χ0v) is 53.5. The molecule has 0 spiro atoms. The van der Waals surface area contributed by atoms with E-state index in [0.29, 0.717) is 0 Å². The Balaban J connectivity index is 1.07. The second-order valence-electron chi connectivity index (χ2n) is 29.1. The normalized spacial score (nSPS) is 13.6. The molecule has 0 amide bonds. The van der Waals surface area contributed by atoms with Gasteiger partial charge in [-0.15, -0.1) is 11.3 Å². The van der Waals surface area contributed by atoms with Crippen LogP contribution in [0.25, 0.3) is 86.3 Å². The first-order chi connectivity index (χ1) is 42.2. The summed E-state index contributed by atoms with van der Waals surface area (Å²) in [5.41, 5.74) is 25.1. The second kappa shape index (κ2) is 19.2. The Morgan fingerprint density at radius 2 is 0.648 bits per heavy atom. The molecular formula is C82H73BN4S. The van der Waals surface area contributed by atoms with Gasteiger partial charge in [0.2, 0.25) is 0 Å². The van der Waals surface area contributed by atoms with Crippen LogP contribution in [-0.2, 0) is 21.7 Å². The third-order valence-electron chi connectivity index (χ3n) is 19.2. The Kier molecular flexibility index (Phi) is 11.8. The fraction of sp³-hybridized carbons (Fsp3) is 0.195. The van der Waals surface area contributed by atoms with Gasteiger partial charge in [0.05, 0.1) is 22.1 Å². The molecule has 4 nitrogen and oxygen atoms in total. The lowest BCUT2D eigenvalue weighted by molar-refractivity contribution is 0.568. The van der Waals surface area contributed by atoms with Gasteiger partial charge in [-0.3, -0.25) is 0 Å². The predicted octanol–water partition coefficient (Wildman–Crippen LogP) is 21.2. The van der Waals surface area contributed by atoms with Gasteiger partial charge in [-0.2, -0.15) is 0 Å². The summed E-state index contributed by atoms with van der Waals surface area (Å²) in [7, 11) is 0. The van der Waals surface area contributed by atoms with E-state index in [1.54, 1.807) is 0 Å². The fourth-order valence-corrected chi connectivity index (χ4v) is 15.6. The smallest absolute Gasteiger partial charge is 0.252 e. The third kappa shape index (κ3) is 8.46. The first kappa shape index (κ1) is 54.3. The summed E-state index contributed by atoms with van der Waals surface area (Å²) in [5.74, 6) is 0. The predicted molar refractivity (Wildman–Crippen MR) is 382 cm³/mol. The fourth-order valence-electron chi connectivity index (χ4n) is 14.5. The van der Waals surface area contributed by atoms with Gasteiger partial charge in [-0.25, -0.2) is 0 Å². The number of benzene rings is 11. The Hall–Kier alpha value is -9.10. The molecule has 0 aliphatic carbocycles. The van der Waals surface area contributed by atoms with E-state index in [4.69, 9.17) is 0 Å². The van der Waals surface area contributed by atoms with E-state index in [-0.39, 0.29) is 28.4 Å². The zero-order chi connectivity index (χ0) is 60.5. The molecule has 2 aliphatic rings. The van der Waals surface area contributed by atoms with Gasteiger partial charge in [0, 0.05) is 87.2 Å². The largest absolute Gasteiger partial charge is 0.311 e. The molecule has 0 radical (unpaired) electrons. The number of aromatic nitrogens is 2. The molecular weight excluding hydrogens is 1080 g/mol. The van der Waals surface area contributed by atoms with Crippen LogP contribution in [0.15, 0.2) is 224 Å². The van der Waals surface area contributed by atoms with Crippen molar-refractivity contribution < 1.29 is 0 Å². The van der Waals surface area contributed by atoms with Crippen molar-refractivity contribution in [1.82, 2.24) is 9.13 Å². The van der Waals surface area contributed by atoms with Crippen LogP contribution < -0.4 is 26.2 Å². The number of para-hydroxylation sites is 4. The molecule has 0 saturated heterocycles. The van der Waals surface area contributed by atoms with E-state index in [1.807, 2.05) is 11.3 Å². The minimum atomic E-state index is -0.139. The Morgan fingerprint density at radius 3 is 1.05 bits per heavy atom. The number of hydrogen-bond donors (Lipinski definition) is 0. The maximum atomic E-state index is 2.68. The lowest BCUT2D eigenvalue weighted by atomic mass is 9.33. The summed E-state index contributed by atoms with van der Waals surface area (Å²) in [5, 5.41) is 7.59. The minimum absolute atomic E-state index is 0.130. The molecule has 0 saturated carbocycles. The molecule has 14 aromatic rings. The molecule has 88 heavy (non-hydrogen) atoms. The summed E-state index contributed by atoms with van der Waals surface area (Å²) in [6, 6.07) is 86.7. The van der Waals surface area contributed by atoms with Crippen molar-refractivity contribution in [3.8, 4) is 22.5 Å². The van der Waals surface area contributed by atoms with Crippen molar-refractivity contribution >= 4 is 132 Å². The van der Waals surface area contributed by atoms with Crippen LogP contribution in [0.3, 0.4) is 0 Å². The highest BCUT2D eigenvalue weighted by molar-refractivity contribution is 7.25. The number of rotatable bonds is 5. The van der Waals surface area contributed by atoms with Gasteiger partial charge < -0.3 is 18.9 Å². The van der Waals surface area contributed by atoms with Crippen LogP contribution in [0.2, 0.25) is 0 Å². The van der Waals surface area contributed by atoms with Gasteiger partial charge in [-0.1, -0.05) is 204 Å². The summed E-state index contributed by atoms with van der Waals surface area (Å²) in [4.78, 5) is 5.35. The van der Waals surface area contributed by atoms with Crippen molar-refractivity contribution in [2.24, 2.45) is 0 Å². The average molecular weight is 1160 g/mol. The standard InChI is InChI=1S/C82H73BN4S/c1-79(2,3)52-42-53(80(4,5)6)45-58(44-52)86-72-48-56(84-68-28-18-13-23-60(68)61-24-14-19-29-69(61)84)34-36-66(72)83-67-37-35-57(85-70-30-20-15-25-62(70)63-26-16-21-31-71(63)85)49-73(67)87(59-46-54(81(7,8)9)43-55(47-59)82(10,11)12)75-41-51(40-74(86)78(75)83)50-33-38-77-65(39-50)64-27-17-22-32-76(64)88-77/h13-49H,1-12H3. The lowest BCUT2D eigenvalue weighted by Gasteiger charge is -2.45. The van der Waals surface area contributed by atoms with Crippen LogP contribution in [0.4, 0.5) is 34.1 Å². The van der Waals surface area contributed by atoms with Gasteiger partial charge in [0.25, 0.3) is 6.71 Å². The topological polar surface area (TPSA) is 16.3 Å². The van der Waals surface area contributed by atoms with Crippen LogP contribution >= 0.6 is 11.3 Å². The van der Waals surface area contributed by atoms with Gasteiger partial charge in [0.15, 0.2) is 0 Å². The molecule has 11 aromatic carbocycles. The molecule has 0 bridgehead atoms. The Labute approximate surface area is 522 Å². The molecule has 5 heterocycles. The molecule has 3 aromatic heterocycles. The van der Waals surface area contributed by atoms with Crippen molar-refractivity contribution in [3.63, 3.8) is 0 Å². The van der Waals surface area contributed by atoms with E-state index >= 15 is 0 Å². The summed E-state index contributed by atoms with van der Waals surface area (Å²) < 4.78 is 7.60. The van der Waals surface area contributed by atoms with Crippen LogP contribution in [0, 0.1) is 0 Å². The number of fused-ring (bicyclic) bond motifs is 13. The van der Waals surface area contributed by atoms with Crippen LogP contribution in [0.1, 0.15) is 105 Å². The van der Waals surface area contributed by atoms with Gasteiger partial charge in [-0.05, 0) is 175 Å². The van der Waals surface area contributed by atoms with E-state index in [9.17, 15) is 0 Å². The number of thiophene rings is 1. The first-order valence-electron chi connectivity index (χ1n) is 31.4. The third-order valence-corrected chi connectivity index (χ3v) is 20.4. The SMILES string of the molecule is CC(C)(C)c1cc(N2c3cc(-n4c5ccccc5c5ccccc54)ccc3B3c4ccc(-n5c6ccccc6c6ccccc65)cc4N(c4cc(C(C)(C)C)cc(C(C)(C)C)c4)c4cc(-c5ccc6sc7ccccc7c6c5)cc2c43)cc(C(C)(C)C)c1. The highest BCUT2D eigenvalue weighted by atomic mass is 32.1. The Bertz CT molecular complexity index is 4800. The van der Waals surface area contributed by atoms with Crippen molar-refractivity contribution in [1.29, 1.82) is 0 Å². The lowest BCUT2D eigenvalue weighted by Crippen LogP contribution is -2.61. The zero-order valence-electron chi connectivity index (χ0n) is 52.6. The second-order valence-corrected chi connectivity index (χ2v) is 30.2. The summed E-state index contributed by atoms with van der Waals surface area (Å²) in [6.45, 7) is 28.3. The van der Waals surface area contributed by atoms with Crippen molar-refractivity contribution in [2.45, 2.75) is 105 Å². The van der Waals surface area contributed by atoms with E-state index in [0.717, 1.165) is 11.4 Å². The van der Waals surface area contributed by atoms with Crippen molar-refractivity contribution in [3.05, 3.63) is 247 Å².